The van der Waals surface area contributed by atoms with Crippen LogP contribution in [0.4, 0.5) is 0 Å². The van der Waals surface area contributed by atoms with E-state index >= 15 is 0 Å². The number of carbonyl (C=O) groups is 1. The summed E-state index contributed by atoms with van der Waals surface area (Å²) in [6.07, 6.45) is 3.73. The molecule has 0 atom stereocenters. The Morgan fingerprint density at radius 1 is 1.00 bits per heavy atom. The Labute approximate surface area is 152 Å². The fraction of sp³-hybridized carbons (Fsp3) is 0.238. The SMILES string of the molecule is O=C(c1ccc[nH]c1=S)N1CCC(c2cccc3ccccc23)CC1. The second-order valence-corrected chi connectivity index (χ2v) is 6.96. The predicted octanol–water partition coefficient (Wildman–Crippen LogP) is 4.92. The molecule has 1 N–H and O–H groups in total. The molecule has 1 amide bonds. The van der Waals surface area contributed by atoms with Gasteiger partial charge in [-0.2, -0.15) is 0 Å². The fourth-order valence-electron chi connectivity index (χ4n) is 3.76. The van der Waals surface area contributed by atoms with E-state index in [9.17, 15) is 4.79 Å². The molecule has 1 aliphatic heterocycles. The van der Waals surface area contributed by atoms with E-state index in [0.29, 0.717) is 16.1 Å². The number of piperidine rings is 1. The lowest BCUT2D eigenvalue weighted by Gasteiger charge is -2.32. The molecule has 3 aromatic rings. The molecule has 3 nitrogen and oxygen atoms in total. The number of likely N-dealkylation sites (tertiary alicyclic amines) is 1. The average molecular weight is 348 g/mol. The summed E-state index contributed by atoms with van der Waals surface area (Å²) in [7, 11) is 0. The summed E-state index contributed by atoms with van der Waals surface area (Å²) in [5.74, 6) is 0.540. The van der Waals surface area contributed by atoms with Crippen LogP contribution in [0, 0.1) is 4.64 Å². The third-order valence-electron chi connectivity index (χ3n) is 5.09. The van der Waals surface area contributed by atoms with Crippen LogP contribution < -0.4 is 0 Å². The number of fused-ring (bicyclic) bond motifs is 1. The number of amides is 1. The lowest BCUT2D eigenvalue weighted by atomic mass is 9.86. The van der Waals surface area contributed by atoms with Crippen LogP contribution in [-0.2, 0) is 0 Å². The Bertz CT molecular complexity index is 965. The van der Waals surface area contributed by atoms with Gasteiger partial charge in [0.1, 0.15) is 4.64 Å². The molecule has 0 saturated carbocycles. The highest BCUT2D eigenvalue weighted by Crippen LogP contribution is 2.33. The van der Waals surface area contributed by atoms with E-state index in [0.717, 1.165) is 25.9 Å². The minimum Gasteiger partial charge on any atom is -0.352 e. The van der Waals surface area contributed by atoms with E-state index < -0.39 is 0 Å². The quantitative estimate of drug-likeness (QED) is 0.668. The van der Waals surface area contributed by atoms with E-state index in [2.05, 4.69) is 47.4 Å². The number of rotatable bonds is 2. The molecule has 1 saturated heterocycles. The first-order chi connectivity index (χ1) is 12.2. The van der Waals surface area contributed by atoms with E-state index in [1.54, 1.807) is 12.3 Å². The standard InChI is InChI=1S/C21H20N2OS/c24-21(19-9-4-12-22-20(19)25)23-13-10-16(11-14-23)18-8-3-6-15-5-1-2-7-17(15)18/h1-9,12,16H,10-11,13-14H2,(H,22,25). The molecule has 2 aromatic carbocycles. The number of nitrogens with zero attached hydrogens (tertiary/aromatic N) is 1. The first-order valence-corrected chi connectivity index (χ1v) is 9.09. The molecule has 4 heteroatoms. The number of benzene rings is 2. The lowest BCUT2D eigenvalue weighted by Crippen LogP contribution is -2.38. The van der Waals surface area contributed by atoms with Crippen LogP contribution in [0.5, 0.6) is 0 Å². The molecule has 1 aromatic heterocycles. The second-order valence-electron chi connectivity index (χ2n) is 6.55. The molecule has 0 radical (unpaired) electrons. The van der Waals surface area contributed by atoms with Crippen molar-refractivity contribution >= 4 is 28.9 Å². The second kappa shape index (κ2) is 6.81. The maximum absolute atomic E-state index is 12.7. The molecule has 0 spiro atoms. The zero-order chi connectivity index (χ0) is 17.2. The van der Waals surface area contributed by atoms with Crippen LogP contribution in [0.25, 0.3) is 10.8 Å². The summed E-state index contributed by atoms with van der Waals surface area (Å²) in [5.41, 5.74) is 2.00. The molecule has 0 aliphatic carbocycles. The first-order valence-electron chi connectivity index (χ1n) is 8.68. The molecule has 2 heterocycles. The summed E-state index contributed by atoms with van der Waals surface area (Å²) in [6, 6.07) is 18.7. The maximum Gasteiger partial charge on any atom is 0.256 e. The third-order valence-corrected chi connectivity index (χ3v) is 5.43. The molecule has 0 bridgehead atoms. The predicted molar refractivity (Wildman–Crippen MR) is 103 cm³/mol. The van der Waals surface area contributed by atoms with E-state index in [-0.39, 0.29) is 5.91 Å². The van der Waals surface area contributed by atoms with Crippen LogP contribution in [0.1, 0.15) is 34.7 Å². The van der Waals surface area contributed by atoms with Crippen molar-refractivity contribution < 1.29 is 4.79 Å². The van der Waals surface area contributed by atoms with Crippen LogP contribution in [0.2, 0.25) is 0 Å². The largest absolute Gasteiger partial charge is 0.352 e. The summed E-state index contributed by atoms with van der Waals surface area (Å²) >= 11 is 5.25. The van der Waals surface area contributed by atoms with Crippen LogP contribution in [0.3, 0.4) is 0 Å². The Morgan fingerprint density at radius 3 is 2.56 bits per heavy atom. The number of hydrogen-bond acceptors (Lipinski definition) is 2. The molecule has 126 valence electrons. The van der Waals surface area contributed by atoms with Crippen molar-refractivity contribution in [3.63, 3.8) is 0 Å². The van der Waals surface area contributed by atoms with Gasteiger partial charge < -0.3 is 9.88 Å². The molecule has 25 heavy (non-hydrogen) atoms. The Balaban J connectivity index is 1.53. The van der Waals surface area contributed by atoms with Crippen molar-refractivity contribution in [2.45, 2.75) is 18.8 Å². The Morgan fingerprint density at radius 2 is 1.76 bits per heavy atom. The number of aromatic nitrogens is 1. The average Bonchev–Trinajstić information content (AvgIpc) is 2.67. The van der Waals surface area contributed by atoms with Gasteiger partial charge in [0.25, 0.3) is 5.91 Å². The van der Waals surface area contributed by atoms with Gasteiger partial charge in [0.05, 0.1) is 5.56 Å². The number of aromatic amines is 1. The van der Waals surface area contributed by atoms with Gasteiger partial charge in [-0.1, -0.05) is 54.7 Å². The van der Waals surface area contributed by atoms with E-state index in [4.69, 9.17) is 12.2 Å². The van der Waals surface area contributed by atoms with Crippen LogP contribution >= 0.6 is 12.2 Å². The topological polar surface area (TPSA) is 36.1 Å². The Kier molecular flexibility index (Phi) is 4.36. The van der Waals surface area contributed by atoms with Gasteiger partial charge in [0, 0.05) is 19.3 Å². The fourth-order valence-corrected chi connectivity index (χ4v) is 3.98. The van der Waals surface area contributed by atoms with E-state index in [1.165, 1.54) is 16.3 Å². The van der Waals surface area contributed by atoms with Gasteiger partial charge in [-0.3, -0.25) is 4.79 Å². The third kappa shape index (κ3) is 3.10. The number of pyridine rings is 1. The van der Waals surface area contributed by atoms with Crippen LogP contribution in [-0.4, -0.2) is 28.9 Å². The normalized spacial score (nSPS) is 15.4. The molecular weight excluding hydrogens is 328 g/mol. The van der Waals surface area contributed by atoms with Gasteiger partial charge in [-0.15, -0.1) is 0 Å². The number of H-pyrrole nitrogens is 1. The summed E-state index contributed by atoms with van der Waals surface area (Å²) in [5, 5.41) is 2.62. The molecule has 4 rings (SSSR count). The van der Waals surface area contributed by atoms with Crippen molar-refractivity contribution in [1.29, 1.82) is 0 Å². The zero-order valence-electron chi connectivity index (χ0n) is 13.9. The summed E-state index contributed by atoms with van der Waals surface area (Å²) in [6.45, 7) is 1.55. The Hall–Kier alpha value is -2.46. The van der Waals surface area contributed by atoms with Gasteiger partial charge in [-0.05, 0) is 47.2 Å². The molecule has 1 aliphatic rings. The number of hydrogen-bond donors (Lipinski definition) is 1. The summed E-state index contributed by atoms with van der Waals surface area (Å²) in [4.78, 5) is 17.6. The smallest absolute Gasteiger partial charge is 0.256 e. The number of nitrogens with one attached hydrogen (secondary N) is 1. The molecule has 1 fully saturated rings. The van der Waals surface area contributed by atoms with Crippen molar-refractivity contribution in [1.82, 2.24) is 9.88 Å². The minimum absolute atomic E-state index is 0.0400. The van der Waals surface area contributed by atoms with Crippen LogP contribution in [0.15, 0.2) is 60.8 Å². The maximum atomic E-state index is 12.7. The first kappa shape index (κ1) is 16.0. The van der Waals surface area contributed by atoms with Gasteiger partial charge >= 0.3 is 0 Å². The highest BCUT2D eigenvalue weighted by molar-refractivity contribution is 7.71. The van der Waals surface area contributed by atoms with Crippen molar-refractivity contribution in [2.24, 2.45) is 0 Å². The zero-order valence-corrected chi connectivity index (χ0v) is 14.8. The molecule has 0 unspecified atom stereocenters. The van der Waals surface area contributed by atoms with Gasteiger partial charge in [-0.25, -0.2) is 0 Å². The van der Waals surface area contributed by atoms with Crippen molar-refractivity contribution in [3.05, 3.63) is 76.6 Å². The summed E-state index contributed by atoms with van der Waals surface area (Å²) < 4.78 is 0.517. The highest BCUT2D eigenvalue weighted by Gasteiger charge is 2.25. The number of carbonyl (C=O) groups excluding carboxylic acids is 1. The highest BCUT2D eigenvalue weighted by atomic mass is 32.1. The molecular formula is C21H20N2OS. The van der Waals surface area contributed by atoms with Crippen molar-refractivity contribution in [3.8, 4) is 0 Å². The van der Waals surface area contributed by atoms with Gasteiger partial charge in [0.2, 0.25) is 0 Å². The van der Waals surface area contributed by atoms with Crippen molar-refractivity contribution in [2.75, 3.05) is 13.1 Å². The lowest BCUT2D eigenvalue weighted by molar-refractivity contribution is 0.0712. The monoisotopic (exact) mass is 348 g/mol. The minimum atomic E-state index is 0.0400. The van der Waals surface area contributed by atoms with E-state index in [1.807, 2.05) is 11.0 Å². The van der Waals surface area contributed by atoms with Gasteiger partial charge in [0.15, 0.2) is 0 Å².